The van der Waals surface area contributed by atoms with Crippen molar-refractivity contribution in [2.24, 2.45) is 0 Å². The Morgan fingerprint density at radius 3 is 2.71 bits per heavy atom. The molecule has 0 radical (unpaired) electrons. The molecule has 0 bridgehead atoms. The van der Waals surface area contributed by atoms with Gasteiger partial charge in [-0.05, 0) is 37.3 Å². The quantitative estimate of drug-likeness (QED) is 0.738. The molecule has 0 spiro atoms. The van der Waals surface area contributed by atoms with E-state index in [1.807, 2.05) is 19.1 Å². The van der Waals surface area contributed by atoms with Gasteiger partial charge in [-0.3, -0.25) is 0 Å². The zero-order valence-electron chi connectivity index (χ0n) is 11.5. The third-order valence-electron chi connectivity index (χ3n) is 3.28. The van der Waals surface area contributed by atoms with Crippen molar-refractivity contribution in [2.75, 3.05) is 11.9 Å². The number of fused-ring (bicyclic) bond motifs is 1. The maximum Gasteiger partial charge on any atom is 0.344 e. The normalized spacial score (nSPS) is 10.8. The summed E-state index contributed by atoms with van der Waals surface area (Å²) in [7, 11) is 0. The molecule has 0 aliphatic rings. The Balaban J connectivity index is 2.22. The van der Waals surface area contributed by atoms with Crippen LogP contribution in [-0.2, 0) is 0 Å². The standard InChI is InChI=1S/C17H14FNO2/c1-2-19-12-7-8-15(18)13(10-12)14-9-11-5-3-4-6-16(11)21-17(14)20/h3-10,19H,2H2,1H3. The van der Waals surface area contributed by atoms with Crippen molar-refractivity contribution in [2.45, 2.75) is 6.92 Å². The Kier molecular flexibility index (Phi) is 3.44. The van der Waals surface area contributed by atoms with Gasteiger partial charge in [-0.2, -0.15) is 0 Å². The van der Waals surface area contributed by atoms with E-state index in [0.717, 1.165) is 17.6 Å². The van der Waals surface area contributed by atoms with Crippen LogP contribution in [0.25, 0.3) is 22.1 Å². The number of rotatable bonds is 3. The molecule has 0 saturated heterocycles. The van der Waals surface area contributed by atoms with Gasteiger partial charge in [0.25, 0.3) is 0 Å². The first-order valence-corrected chi connectivity index (χ1v) is 6.75. The largest absolute Gasteiger partial charge is 0.422 e. The van der Waals surface area contributed by atoms with Crippen LogP contribution in [-0.4, -0.2) is 6.54 Å². The summed E-state index contributed by atoms with van der Waals surface area (Å²) in [4.78, 5) is 12.1. The Morgan fingerprint density at radius 1 is 1.10 bits per heavy atom. The van der Waals surface area contributed by atoms with Crippen LogP contribution >= 0.6 is 0 Å². The zero-order chi connectivity index (χ0) is 14.8. The van der Waals surface area contributed by atoms with Crippen molar-refractivity contribution in [1.82, 2.24) is 0 Å². The van der Waals surface area contributed by atoms with E-state index in [1.165, 1.54) is 6.07 Å². The van der Waals surface area contributed by atoms with E-state index in [1.54, 1.807) is 30.3 Å². The third-order valence-corrected chi connectivity index (χ3v) is 3.28. The van der Waals surface area contributed by atoms with Crippen LogP contribution in [0.2, 0.25) is 0 Å². The molecule has 0 fully saturated rings. The summed E-state index contributed by atoms with van der Waals surface area (Å²) in [5.41, 5.74) is 1.19. The van der Waals surface area contributed by atoms with Gasteiger partial charge in [-0.25, -0.2) is 9.18 Å². The molecule has 2 aromatic carbocycles. The summed E-state index contributed by atoms with van der Waals surface area (Å²) >= 11 is 0. The second-order valence-corrected chi connectivity index (χ2v) is 4.71. The molecule has 0 aliphatic carbocycles. The van der Waals surface area contributed by atoms with Gasteiger partial charge in [-0.15, -0.1) is 0 Å². The number of anilines is 1. The van der Waals surface area contributed by atoms with Crippen molar-refractivity contribution < 1.29 is 8.81 Å². The van der Waals surface area contributed by atoms with Crippen LogP contribution in [0, 0.1) is 5.82 Å². The van der Waals surface area contributed by atoms with Crippen molar-refractivity contribution in [3.63, 3.8) is 0 Å². The Morgan fingerprint density at radius 2 is 1.90 bits per heavy atom. The fraction of sp³-hybridized carbons (Fsp3) is 0.118. The van der Waals surface area contributed by atoms with Crippen molar-refractivity contribution in [3.8, 4) is 11.1 Å². The van der Waals surface area contributed by atoms with Gasteiger partial charge < -0.3 is 9.73 Å². The molecule has 0 atom stereocenters. The number of benzene rings is 2. The van der Waals surface area contributed by atoms with Gasteiger partial charge >= 0.3 is 5.63 Å². The minimum atomic E-state index is -0.541. The molecule has 4 heteroatoms. The number of hydrogen-bond donors (Lipinski definition) is 1. The van der Waals surface area contributed by atoms with Gasteiger partial charge in [0.2, 0.25) is 0 Å². The molecule has 3 rings (SSSR count). The smallest absolute Gasteiger partial charge is 0.344 e. The zero-order valence-corrected chi connectivity index (χ0v) is 11.5. The SMILES string of the molecule is CCNc1ccc(F)c(-c2cc3ccccc3oc2=O)c1. The highest BCUT2D eigenvalue weighted by Crippen LogP contribution is 2.26. The van der Waals surface area contributed by atoms with Crippen molar-refractivity contribution in [1.29, 1.82) is 0 Å². The van der Waals surface area contributed by atoms with Crippen LogP contribution in [0.5, 0.6) is 0 Å². The Labute approximate surface area is 121 Å². The van der Waals surface area contributed by atoms with Gasteiger partial charge in [0.05, 0.1) is 5.56 Å². The molecule has 0 amide bonds. The molecule has 0 saturated carbocycles. The van der Waals surface area contributed by atoms with Crippen LogP contribution in [0.15, 0.2) is 57.7 Å². The molecule has 1 heterocycles. The Bertz CT molecular complexity index is 855. The average molecular weight is 283 g/mol. The predicted octanol–water partition coefficient (Wildman–Crippen LogP) is 4.03. The lowest BCUT2D eigenvalue weighted by Crippen LogP contribution is -2.05. The second-order valence-electron chi connectivity index (χ2n) is 4.71. The predicted molar refractivity (Wildman–Crippen MR) is 82.0 cm³/mol. The minimum absolute atomic E-state index is 0.228. The summed E-state index contributed by atoms with van der Waals surface area (Å²) in [5, 5.41) is 3.87. The molecule has 3 aromatic rings. The molecular weight excluding hydrogens is 269 g/mol. The highest BCUT2D eigenvalue weighted by atomic mass is 19.1. The lowest BCUT2D eigenvalue weighted by molar-refractivity contribution is 0.561. The summed E-state index contributed by atoms with van der Waals surface area (Å²) in [5.74, 6) is -0.445. The van der Waals surface area contributed by atoms with Crippen LogP contribution in [0.1, 0.15) is 6.92 Å². The molecule has 0 aliphatic heterocycles. The third kappa shape index (κ3) is 2.52. The number of nitrogens with one attached hydrogen (secondary N) is 1. The van der Waals surface area contributed by atoms with E-state index in [9.17, 15) is 9.18 Å². The molecule has 0 unspecified atom stereocenters. The topological polar surface area (TPSA) is 42.2 Å². The van der Waals surface area contributed by atoms with Gasteiger partial charge in [0.15, 0.2) is 0 Å². The number of halogens is 1. The highest BCUT2D eigenvalue weighted by molar-refractivity contribution is 5.82. The molecule has 106 valence electrons. The van der Waals surface area contributed by atoms with Crippen molar-refractivity contribution >= 4 is 16.7 Å². The number of hydrogen-bond acceptors (Lipinski definition) is 3. The lowest BCUT2D eigenvalue weighted by Gasteiger charge is -2.08. The average Bonchev–Trinajstić information content (AvgIpc) is 2.49. The molecule has 3 nitrogen and oxygen atoms in total. The first-order chi connectivity index (χ1) is 10.2. The molecule has 1 N–H and O–H groups in total. The van der Waals surface area contributed by atoms with Crippen LogP contribution in [0.3, 0.4) is 0 Å². The second kappa shape index (κ2) is 5.40. The van der Waals surface area contributed by atoms with Crippen LogP contribution < -0.4 is 10.9 Å². The summed E-state index contributed by atoms with van der Waals surface area (Å²) in [6.45, 7) is 2.67. The molecule has 1 aromatic heterocycles. The first-order valence-electron chi connectivity index (χ1n) is 6.75. The maximum absolute atomic E-state index is 14.1. The minimum Gasteiger partial charge on any atom is -0.422 e. The van der Waals surface area contributed by atoms with E-state index in [0.29, 0.717) is 5.58 Å². The van der Waals surface area contributed by atoms with Gasteiger partial charge in [0.1, 0.15) is 11.4 Å². The van der Waals surface area contributed by atoms with Crippen molar-refractivity contribution in [3.05, 3.63) is 64.8 Å². The summed E-state index contributed by atoms with van der Waals surface area (Å²) in [6.07, 6.45) is 0. The fourth-order valence-corrected chi connectivity index (χ4v) is 2.30. The summed E-state index contributed by atoms with van der Waals surface area (Å²) < 4.78 is 19.3. The fourth-order valence-electron chi connectivity index (χ4n) is 2.30. The van der Waals surface area contributed by atoms with E-state index >= 15 is 0 Å². The molecule has 21 heavy (non-hydrogen) atoms. The summed E-state index contributed by atoms with van der Waals surface area (Å²) in [6, 6.07) is 13.5. The Hall–Kier alpha value is -2.62. The maximum atomic E-state index is 14.1. The lowest BCUT2D eigenvalue weighted by atomic mass is 10.0. The van der Waals surface area contributed by atoms with Crippen LogP contribution in [0.4, 0.5) is 10.1 Å². The number of para-hydroxylation sites is 1. The van der Waals surface area contributed by atoms with Gasteiger partial charge in [-0.1, -0.05) is 18.2 Å². The van der Waals surface area contributed by atoms with E-state index in [4.69, 9.17) is 4.42 Å². The monoisotopic (exact) mass is 283 g/mol. The van der Waals surface area contributed by atoms with E-state index in [-0.39, 0.29) is 11.1 Å². The van der Waals surface area contributed by atoms with Gasteiger partial charge in [0, 0.05) is 23.2 Å². The highest BCUT2D eigenvalue weighted by Gasteiger charge is 2.12. The first kappa shape index (κ1) is 13.4. The van der Waals surface area contributed by atoms with E-state index < -0.39 is 11.4 Å². The molecular formula is C17H14FNO2. The van der Waals surface area contributed by atoms with E-state index in [2.05, 4.69) is 5.32 Å².